The zero-order valence-corrected chi connectivity index (χ0v) is 12.8. The van der Waals surface area contributed by atoms with Crippen LogP contribution >= 0.6 is 15.9 Å². The molecular formula is C14H18BrN3. The number of benzene rings is 1. The predicted molar refractivity (Wildman–Crippen MR) is 78.7 cm³/mol. The minimum atomic E-state index is 0.775. The molecule has 2 rings (SSSR count). The molecule has 2 aromatic rings. The third kappa shape index (κ3) is 2.22. The first kappa shape index (κ1) is 13.3. The number of nitrogens with one attached hydrogen (secondary N) is 2. The summed E-state index contributed by atoms with van der Waals surface area (Å²) in [7, 11) is 1.92. The SMILES string of the molecule is CNCc1[nH]nc(-c2ccc(C)c(C)c2C)c1Br. The fraction of sp³-hybridized carbons (Fsp3) is 0.357. The van der Waals surface area contributed by atoms with Crippen LogP contribution in [0.2, 0.25) is 0 Å². The van der Waals surface area contributed by atoms with Gasteiger partial charge in [0.2, 0.25) is 0 Å². The zero-order chi connectivity index (χ0) is 13.3. The maximum absolute atomic E-state index is 4.42. The van der Waals surface area contributed by atoms with Gasteiger partial charge in [0.15, 0.2) is 0 Å². The molecule has 0 aliphatic carbocycles. The Kier molecular flexibility index (Phi) is 3.88. The Balaban J connectivity index is 2.53. The van der Waals surface area contributed by atoms with Crippen LogP contribution in [0.1, 0.15) is 22.4 Å². The third-order valence-corrected chi connectivity index (χ3v) is 4.30. The van der Waals surface area contributed by atoms with E-state index >= 15 is 0 Å². The molecule has 0 unspecified atom stereocenters. The van der Waals surface area contributed by atoms with Crippen molar-refractivity contribution in [1.82, 2.24) is 15.5 Å². The molecule has 4 heteroatoms. The summed E-state index contributed by atoms with van der Waals surface area (Å²) < 4.78 is 1.04. The second kappa shape index (κ2) is 5.24. The Morgan fingerprint density at radius 3 is 2.61 bits per heavy atom. The van der Waals surface area contributed by atoms with E-state index in [1.165, 1.54) is 22.3 Å². The van der Waals surface area contributed by atoms with Crippen molar-refractivity contribution in [1.29, 1.82) is 0 Å². The third-order valence-electron chi connectivity index (χ3n) is 3.44. The van der Waals surface area contributed by atoms with E-state index in [9.17, 15) is 0 Å². The second-order valence-corrected chi connectivity index (χ2v) is 5.37. The fourth-order valence-electron chi connectivity index (χ4n) is 2.05. The van der Waals surface area contributed by atoms with Crippen LogP contribution in [-0.4, -0.2) is 17.2 Å². The average molecular weight is 308 g/mol. The quantitative estimate of drug-likeness (QED) is 0.911. The van der Waals surface area contributed by atoms with E-state index in [0.29, 0.717) is 0 Å². The van der Waals surface area contributed by atoms with Crippen molar-refractivity contribution in [3.8, 4) is 11.3 Å². The monoisotopic (exact) mass is 307 g/mol. The number of halogens is 1. The molecule has 0 atom stereocenters. The largest absolute Gasteiger partial charge is 0.314 e. The van der Waals surface area contributed by atoms with Gasteiger partial charge in [-0.2, -0.15) is 5.10 Å². The summed E-state index contributed by atoms with van der Waals surface area (Å²) in [6.07, 6.45) is 0. The van der Waals surface area contributed by atoms with Gasteiger partial charge in [0.25, 0.3) is 0 Å². The standard InChI is InChI=1S/C14H18BrN3/c1-8-5-6-11(10(3)9(8)2)14-13(15)12(7-16-4)17-18-14/h5-6,16H,7H2,1-4H3,(H,17,18). The first-order valence-corrected chi connectivity index (χ1v) is 6.80. The average Bonchev–Trinajstić information content (AvgIpc) is 2.70. The molecule has 1 heterocycles. The number of nitrogens with zero attached hydrogens (tertiary/aromatic N) is 1. The van der Waals surface area contributed by atoms with Gasteiger partial charge in [-0.3, -0.25) is 5.10 Å². The molecule has 0 bridgehead atoms. The minimum Gasteiger partial charge on any atom is -0.314 e. The summed E-state index contributed by atoms with van der Waals surface area (Å²) in [5, 5.41) is 10.6. The van der Waals surface area contributed by atoms with Crippen molar-refractivity contribution in [3.63, 3.8) is 0 Å². The van der Waals surface area contributed by atoms with Crippen LogP contribution < -0.4 is 5.32 Å². The normalized spacial score (nSPS) is 10.9. The fourth-order valence-corrected chi connectivity index (χ4v) is 2.58. The lowest BCUT2D eigenvalue weighted by Crippen LogP contribution is -2.05. The summed E-state index contributed by atoms with van der Waals surface area (Å²) >= 11 is 3.63. The van der Waals surface area contributed by atoms with Gasteiger partial charge in [-0.15, -0.1) is 0 Å². The molecule has 0 aliphatic rings. The zero-order valence-electron chi connectivity index (χ0n) is 11.2. The van der Waals surface area contributed by atoms with E-state index in [0.717, 1.165) is 22.4 Å². The van der Waals surface area contributed by atoms with Crippen molar-refractivity contribution in [2.45, 2.75) is 27.3 Å². The number of hydrogen-bond donors (Lipinski definition) is 2. The molecule has 0 spiro atoms. The molecule has 0 aliphatic heterocycles. The highest BCUT2D eigenvalue weighted by molar-refractivity contribution is 9.10. The van der Waals surface area contributed by atoms with Gasteiger partial charge in [0.05, 0.1) is 10.2 Å². The topological polar surface area (TPSA) is 40.7 Å². The van der Waals surface area contributed by atoms with E-state index in [1.54, 1.807) is 0 Å². The van der Waals surface area contributed by atoms with Crippen LogP contribution in [0.5, 0.6) is 0 Å². The molecular weight excluding hydrogens is 290 g/mol. The van der Waals surface area contributed by atoms with Gasteiger partial charge >= 0.3 is 0 Å². The van der Waals surface area contributed by atoms with E-state index in [1.807, 2.05) is 7.05 Å². The molecule has 0 saturated heterocycles. The number of H-pyrrole nitrogens is 1. The number of aryl methyl sites for hydroxylation is 1. The van der Waals surface area contributed by atoms with Crippen molar-refractivity contribution >= 4 is 15.9 Å². The molecule has 0 saturated carbocycles. The Hall–Kier alpha value is -1.13. The first-order valence-electron chi connectivity index (χ1n) is 6.00. The van der Waals surface area contributed by atoms with Crippen molar-refractivity contribution in [2.24, 2.45) is 0 Å². The maximum Gasteiger partial charge on any atom is 0.107 e. The highest BCUT2D eigenvalue weighted by atomic mass is 79.9. The van der Waals surface area contributed by atoms with Crippen LogP contribution in [0.3, 0.4) is 0 Å². The van der Waals surface area contributed by atoms with E-state index in [-0.39, 0.29) is 0 Å². The van der Waals surface area contributed by atoms with Crippen LogP contribution in [0.4, 0.5) is 0 Å². The molecule has 0 radical (unpaired) electrons. The van der Waals surface area contributed by atoms with Crippen LogP contribution in [-0.2, 0) is 6.54 Å². The molecule has 0 fully saturated rings. The molecule has 1 aromatic heterocycles. The number of rotatable bonds is 3. The van der Waals surface area contributed by atoms with Gasteiger partial charge in [-0.1, -0.05) is 12.1 Å². The van der Waals surface area contributed by atoms with Crippen LogP contribution in [0, 0.1) is 20.8 Å². The van der Waals surface area contributed by atoms with E-state index < -0.39 is 0 Å². The Bertz CT molecular complexity index is 573. The van der Waals surface area contributed by atoms with Gasteiger partial charge in [-0.05, 0) is 60.4 Å². The number of aromatic nitrogens is 2. The Morgan fingerprint density at radius 1 is 1.22 bits per heavy atom. The Labute approximate surface area is 116 Å². The van der Waals surface area contributed by atoms with Gasteiger partial charge in [0.1, 0.15) is 5.69 Å². The summed E-state index contributed by atoms with van der Waals surface area (Å²) in [6, 6.07) is 4.29. The molecule has 96 valence electrons. The molecule has 2 N–H and O–H groups in total. The van der Waals surface area contributed by atoms with Gasteiger partial charge in [0, 0.05) is 12.1 Å². The summed E-state index contributed by atoms with van der Waals surface area (Å²) in [4.78, 5) is 0. The van der Waals surface area contributed by atoms with Crippen molar-refractivity contribution < 1.29 is 0 Å². The van der Waals surface area contributed by atoms with E-state index in [2.05, 4.69) is 64.3 Å². The first-order chi connectivity index (χ1) is 8.56. The maximum atomic E-state index is 4.42. The molecule has 18 heavy (non-hydrogen) atoms. The lowest BCUT2D eigenvalue weighted by molar-refractivity contribution is 0.781. The molecule has 0 amide bonds. The van der Waals surface area contributed by atoms with Crippen LogP contribution in [0.25, 0.3) is 11.3 Å². The summed E-state index contributed by atoms with van der Waals surface area (Å²) in [5.41, 5.74) is 7.18. The highest BCUT2D eigenvalue weighted by Gasteiger charge is 2.15. The molecule has 1 aromatic carbocycles. The summed E-state index contributed by atoms with van der Waals surface area (Å²) in [5.74, 6) is 0. The van der Waals surface area contributed by atoms with Crippen molar-refractivity contribution in [2.75, 3.05) is 7.05 Å². The lowest BCUT2D eigenvalue weighted by atomic mass is 9.97. The van der Waals surface area contributed by atoms with Crippen LogP contribution in [0.15, 0.2) is 16.6 Å². The minimum absolute atomic E-state index is 0.775. The van der Waals surface area contributed by atoms with E-state index in [4.69, 9.17) is 0 Å². The Morgan fingerprint density at radius 2 is 1.94 bits per heavy atom. The van der Waals surface area contributed by atoms with Gasteiger partial charge < -0.3 is 5.32 Å². The smallest absolute Gasteiger partial charge is 0.107 e. The van der Waals surface area contributed by atoms with Crippen molar-refractivity contribution in [3.05, 3.63) is 39.0 Å². The number of hydrogen-bond acceptors (Lipinski definition) is 2. The highest BCUT2D eigenvalue weighted by Crippen LogP contribution is 2.32. The lowest BCUT2D eigenvalue weighted by Gasteiger charge is -2.09. The van der Waals surface area contributed by atoms with Gasteiger partial charge in [-0.25, -0.2) is 0 Å². The summed E-state index contributed by atoms with van der Waals surface area (Å²) in [6.45, 7) is 7.22. The predicted octanol–water partition coefficient (Wildman–Crippen LogP) is 3.48. The second-order valence-electron chi connectivity index (χ2n) is 4.58. The number of aromatic amines is 1. The molecule has 3 nitrogen and oxygen atoms in total.